The molecule has 0 spiro atoms. The summed E-state index contributed by atoms with van der Waals surface area (Å²) in [5.41, 5.74) is 3.35. The van der Waals surface area contributed by atoms with Crippen LogP contribution in [-0.4, -0.2) is 70.3 Å². The van der Waals surface area contributed by atoms with Crippen LogP contribution in [0.1, 0.15) is 47.1 Å². The van der Waals surface area contributed by atoms with Gasteiger partial charge in [0.2, 0.25) is 0 Å². The number of nitrogens with zero attached hydrogens (tertiary/aromatic N) is 4. The standard InChI is InChI=1S/C27H29N5O6S/c1-3-37-27(34)22-17(2)28-25-24(23(22)18-6-4-7-19(16-18)32(35)36)20(29-39-25)9-10-30-11-13-31(14-12-30)26(33)21-8-5-15-38-21/h4-8,15-16,23,28H,3,9-14H2,1-2H3. The van der Waals surface area contributed by atoms with Gasteiger partial charge in [-0.3, -0.25) is 19.8 Å². The number of nitro groups is 1. The van der Waals surface area contributed by atoms with Crippen molar-refractivity contribution in [1.29, 1.82) is 0 Å². The van der Waals surface area contributed by atoms with Crippen molar-refractivity contribution in [3.63, 3.8) is 0 Å². The molecule has 11 nitrogen and oxygen atoms in total. The molecule has 39 heavy (non-hydrogen) atoms. The number of anilines is 1. The molecular formula is C27H29N5O6S. The number of hydrogen-bond acceptors (Lipinski definition) is 10. The van der Waals surface area contributed by atoms with Gasteiger partial charge in [-0.15, -0.1) is 0 Å². The Morgan fingerprint density at radius 1 is 1.23 bits per heavy atom. The molecule has 1 fully saturated rings. The van der Waals surface area contributed by atoms with E-state index in [1.165, 1.54) is 29.9 Å². The molecular weight excluding hydrogens is 522 g/mol. The molecule has 1 amide bonds. The van der Waals surface area contributed by atoms with Gasteiger partial charge in [0.1, 0.15) is 5.00 Å². The third kappa shape index (κ3) is 5.43. The largest absolute Gasteiger partial charge is 0.463 e. The van der Waals surface area contributed by atoms with E-state index < -0.39 is 16.8 Å². The van der Waals surface area contributed by atoms with Gasteiger partial charge in [0.05, 0.1) is 29.1 Å². The van der Waals surface area contributed by atoms with Gasteiger partial charge in [-0.25, -0.2) is 4.79 Å². The van der Waals surface area contributed by atoms with Crippen LogP contribution in [0.4, 0.5) is 10.7 Å². The van der Waals surface area contributed by atoms with Gasteiger partial charge in [0.25, 0.3) is 11.6 Å². The van der Waals surface area contributed by atoms with E-state index in [-0.39, 0.29) is 18.2 Å². The Kier molecular flexibility index (Phi) is 7.75. The molecule has 2 aliphatic rings. The summed E-state index contributed by atoms with van der Waals surface area (Å²) in [5.74, 6) is -0.762. The average Bonchev–Trinajstić information content (AvgIpc) is 3.62. The monoisotopic (exact) mass is 551 g/mol. The zero-order chi connectivity index (χ0) is 27.5. The summed E-state index contributed by atoms with van der Waals surface area (Å²) in [6.45, 7) is 7.13. The fraction of sp³-hybridized carbons (Fsp3) is 0.370. The molecule has 3 aromatic rings. The molecule has 204 valence electrons. The van der Waals surface area contributed by atoms with Crippen LogP contribution in [0.2, 0.25) is 0 Å². The van der Waals surface area contributed by atoms with Crippen LogP contribution < -0.4 is 5.32 Å². The summed E-state index contributed by atoms with van der Waals surface area (Å²) >= 11 is 1.32. The molecule has 1 unspecified atom stereocenters. The van der Waals surface area contributed by atoms with E-state index in [0.717, 1.165) is 35.9 Å². The van der Waals surface area contributed by atoms with Crippen LogP contribution in [0.25, 0.3) is 0 Å². The maximum atomic E-state index is 13.1. The number of aromatic nitrogens is 1. The smallest absolute Gasteiger partial charge is 0.336 e. The predicted octanol–water partition coefficient (Wildman–Crippen LogP) is 4.04. The first-order valence-corrected chi connectivity index (χ1v) is 13.6. The van der Waals surface area contributed by atoms with Crippen molar-refractivity contribution >= 4 is 34.1 Å². The van der Waals surface area contributed by atoms with Crippen LogP contribution in [0.5, 0.6) is 0 Å². The molecule has 12 heteroatoms. The van der Waals surface area contributed by atoms with Crippen LogP contribution >= 0.6 is 11.5 Å². The van der Waals surface area contributed by atoms with Gasteiger partial charge in [0, 0.05) is 68.5 Å². The van der Waals surface area contributed by atoms with Crippen molar-refractivity contribution in [1.82, 2.24) is 14.2 Å². The number of piperazine rings is 1. The molecule has 5 rings (SSSR count). The van der Waals surface area contributed by atoms with Gasteiger partial charge >= 0.3 is 5.97 Å². The van der Waals surface area contributed by atoms with Crippen molar-refractivity contribution in [2.75, 3.05) is 44.6 Å². The zero-order valence-electron chi connectivity index (χ0n) is 21.7. The normalized spacial score (nSPS) is 17.5. The predicted molar refractivity (Wildman–Crippen MR) is 145 cm³/mol. The van der Waals surface area contributed by atoms with E-state index in [4.69, 9.17) is 13.5 Å². The van der Waals surface area contributed by atoms with Crippen LogP contribution in [-0.2, 0) is 16.0 Å². The van der Waals surface area contributed by atoms with Crippen molar-refractivity contribution in [3.05, 3.63) is 86.6 Å². The molecule has 0 aliphatic carbocycles. The fourth-order valence-electron chi connectivity index (χ4n) is 5.12. The summed E-state index contributed by atoms with van der Waals surface area (Å²) in [6, 6.07) is 9.77. The number of hydrogen-bond donors (Lipinski definition) is 1. The molecule has 2 aliphatic heterocycles. The Hall–Kier alpha value is -4.03. The van der Waals surface area contributed by atoms with Crippen molar-refractivity contribution in [3.8, 4) is 0 Å². The van der Waals surface area contributed by atoms with E-state index in [1.807, 2.05) is 6.92 Å². The number of benzene rings is 1. The molecule has 1 aromatic carbocycles. The highest BCUT2D eigenvalue weighted by Crippen LogP contribution is 2.46. The van der Waals surface area contributed by atoms with Crippen molar-refractivity contribution < 1.29 is 23.7 Å². The van der Waals surface area contributed by atoms with Gasteiger partial charge < -0.3 is 19.4 Å². The Morgan fingerprint density at radius 3 is 2.72 bits per heavy atom. The lowest BCUT2D eigenvalue weighted by molar-refractivity contribution is -0.384. The van der Waals surface area contributed by atoms with Crippen molar-refractivity contribution in [2.45, 2.75) is 26.2 Å². The molecule has 1 saturated heterocycles. The lowest BCUT2D eigenvalue weighted by Crippen LogP contribution is -2.49. The van der Waals surface area contributed by atoms with E-state index in [0.29, 0.717) is 42.1 Å². The third-order valence-corrected chi connectivity index (χ3v) is 7.87. The number of nitrogens with one attached hydrogen (secondary N) is 1. The number of rotatable bonds is 8. The van der Waals surface area contributed by atoms with Gasteiger partial charge in [-0.1, -0.05) is 12.1 Å². The van der Waals surface area contributed by atoms with Gasteiger partial charge in [-0.05, 0) is 43.1 Å². The Bertz CT molecular complexity index is 1410. The number of allylic oxidation sites excluding steroid dienone is 1. The third-order valence-electron chi connectivity index (χ3n) is 7.05. The number of carbonyl (C=O) groups is 2. The van der Waals surface area contributed by atoms with E-state index in [9.17, 15) is 19.7 Å². The second-order valence-corrected chi connectivity index (χ2v) is 10.2. The summed E-state index contributed by atoms with van der Waals surface area (Å²) in [5, 5.41) is 15.7. The number of carbonyl (C=O) groups excluding carboxylic acids is 2. The van der Waals surface area contributed by atoms with Gasteiger partial charge in [0.15, 0.2) is 5.76 Å². The molecule has 0 saturated carbocycles. The molecule has 0 radical (unpaired) electrons. The quantitative estimate of drug-likeness (QED) is 0.250. The number of non-ortho nitro benzene ring substituents is 1. The minimum absolute atomic E-state index is 0.0415. The number of furan rings is 1. The second-order valence-electron chi connectivity index (χ2n) is 9.40. The van der Waals surface area contributed by atoms with E-state index in [1.54, 1.807) is 36.1 Å². The summed E-state index contributed by atoms with van der Waals surface area (Å²) in [6.07, 6.45) is 2.12. The summed E-state index contributed by atoms with van der Waals surface area (Å²) < 4.78 is 15.4. The highest BCUT2D eigenvalue weighted by Gasteiger charge is 2.37. The molecule has 0 bridgehead atoms. The highest BCUT2D eigenvalue weighted by atomic mass is 32.1. The average molecular weight is 552 g/mol. The maximum Gasteiger partial charge on any atom is 0.336 e. The molecule has 1 N–H and O–H groups in total. The van der Waals surface area contributed by atoms with E-state index >= 15 is 0 Å². The molecule has 1 atom stereocenters. The summed E-state index contributed by atoms with van der Waals surface area (Å²) in [4.78, 5) is 40.9. The van der Waals surface area contributed by atoms with Crippen LogP contribution in [0, 0.1) is 10.1 Å². The highest BCUT2D eigenvalue weighted by molar-refractivity contribution is 7.10. The zero-order valence-corrected chi connectivity index (χ0v) is 22.5. The van der Waals surface area contributed by atoms with Crippen LogP contribution in [0.3, 0.4) is 0 Å². The first-order chi connectivity index (χ1) is 18.9. The number of esters is 1. The Morgan fingerprint density at radius 2 is 2.03 bits per heavy atom. The van der Waals surface area contributed by atoms with Crippen LogP contribution in [0.15, 0.2) is 58.3 Å². The lowest BCUT2D eigenvalue weighted by atomic mass is 9.81. The second kappa shape index (κ2) is 11.4. The first kappa shape index (κ1) is 26.6. The SMILES string of the molecule is CCOC(=O)C1=C(C)Nc2snc(CCN3CCN(C(=O)c4ccco4)CC3)c2C1c1cccc([N+](=O)[O-])c1. The van der Waals surface area contributed by atoms with E-state index in [2.05, 4.69) is 10.2 Å². The molecule has 2 aromatic heterocycles. The number of amides is 1. The summed E-state index contributed by atoms with van der Waals surface area (Å²) in [7, 11) is 0. The first-order valence-electron chi connectivity index (χ1n) is 12.8. The number of fused-ring (bicyclic) bond motifs is 1. The Balaban J connectivity index is 1.37. The lowest BCUT2D eigenvalue weighted by Gasteiger charge is -2.34. The molecule has 4 heterocycles. The topological polar surface area (TPSA) is 131 Å². The maximum absolute atomic E-state index is 13.1. The fourth-order valence-corrected chi connectivity index (χ4v) is 6.05. The van der Waals surface area contributed by atoms with Gasteiger partial charge in [-0.2, -0.15) is 4.37 Å². The minimum Gasteiger partial charge on any atom is -0.463 e. The minimum atomic E-state index is -0.545. The number of ether oxygens (including phenoxy) is 1. The van der Waals surface area contributed by atoms with Crippen molar-refractivity contribution in [2.24, 2.45) is 0 Å². The Labute approximate surface area is 229 Å². The number of nitro benzene ring substituents is 1.